The number of carbonyl (C=O) groups is 2. The molecule has 6 nitrogen and oxygen atoms in total. The third-order valence-electron chi connectivity index (χ3n) is 4.19. The molecule has 0 aromatic heterocycles. The van der Waals surface area contributed by atoms with Crippen molar-refractivity contribution in [3.8, 4) is 5.75 Å². The minimum atomic E-state index is -0.772. The molecule has 0 fully saturated rings. The maximum atomic E-state index is 12.9. The molecule has 0 saturated carbocycles. The van der Waals surface area contributed by atoms with Gasteiger partial charge in [-0.3, -0.25) is 4.79 Å². The van der Waals surface area contributed by atoms with E-state index in [2.05, 4.69) is 16.0 Å². The van der Waals surface area contributed by atoms with Gasteiger partial charge in [0.25, 0.3) is 5.91 Å². The Balaban J connectivity index is 1.97. The maximum Gasteiger partial charge on any atom is 0.319 e. The summed E-state index contributed by atoms with van der Waals surface area (Å²) in [6.45, 7) is 3.51. The first kappa shape index (κ1) is 17.8. The predicted octanol–water partition coefficient (Wildman–Crippen LogP) is 3.62. The van der Waals surface area contributed by atoms with Gasteiger partial charge in [0.15, 0.2) is 0 Å². The summed E-state index contributed by atoms with van der Waals surface area (Å²) in [5.41, 5.74) is 2.60. The lowest BCUT2D eigenvalue weighted by Gasteiger charge is -2.29. The molecular formula is C19H18ClN3O3. The summed E-state index contributed by atoms with van der Waals surface area (Å²) >= 11 is 6.11. The molecule has 2 aromatic carbocycles. The number of rotatable bonds is 3. The van der Waals surface area contributed by atoms with Gasteiger partial charge in [-0.05, 0) is 37.6 Å². The van der Waals surface area contributed by atoms with E-state index in [0.29, 0.717) is 27.5 Å². The molecule has 4 N–H and O–H groups in total. The molecule has 1 aliphatic rings. The van der Waals surface area contributed by atoms with Crippen LogP contribution in [0.2, 0.25) is 5.02 Å². The quantitative estimate of drug-likeness (QED) is 0.664. The van der Waals surface area contributed by atoms with E-state index in [1.165, 1.54) is 6.07 Å². The lowest BCUT2D eigenvalue weighted by molar-refractivity contribution is -0.113. The second-order valence-corrected chi connectivity index (χ2v) is 6.45. The number of phenolic OH excluding ortho intramolecular Hbond substituents is 1. The number of allylic oxidation sites excluding steroid dienone is 1. The molecule has 3 rings (SSSR count). The number of phenols is 1. The molecule has 0 saturated heterocycles. The van der Waals surface area contributed by atoms with Crippen molar-refractivity contribution in [2.24, 2.45) is 0 Å². The van der Waals surface area contributed by atoms with Gasteiger partial charge in [-0.15, -0.1) is 0 Å². The molecule has 0 spiro atoms. The van der Waals surface area contributed by atoms with Crippen LogP contribution in [0.1, 0.15) is 24.1 Å². The first-order valence-corrected chi connectivity index (χ1v) is 8.38. The summed E-state index contributed by atoms with van der Waals surface area (Å²) in [4.78, 5) is 24.8. The highest BCUT2D eigenvalue weighted by atomic mass is 35.5. The topological polar surface area (TPSA) is 90.5 Å². The van der Waals surface area contributed by atoms with Crippen LogP contribution in [0.15, 0.2) is 53.7 Å². The number of hydrogen-bond donors (Lipinski definition) is 4. The van der Waals surface area contributed by atoms with Gasteiger partial charge >= 0.3 is 6.03 Å². The normalized spacial score (nSPS) is 16.7. The zero-order valence-electron chi connectivity index (χ0n) is 14.3. The molecule has 3 amide bonds. The largest absolute Gasteiger partial charge is 0.508 e. The molecule has 2 aromatic rings. The molecule has 0 radical (unpaired) electrons. The number of carbonyl (C=O) groups excluding carboxylic acids is 2. The Morgan fingerprint density at radius 1 is 1.19 bits per heavy atom. The molecule has 26 heavy (non-hydrogen) atoms. The molecule has 1 atom stereocenters. The van der Waals surface area contributed by atoms with E-state index in [-0.39, 0.29) is 5.75 Å². The van der Waals surface area contributed by atoms with E-state index in [4.69, 9.17) is 11.6 Å². The number of amides is 3. The molecule has 0 aliphatic carbocycles. The van der Waals surface area contributed by atoms with Crippen LogP contribution in [0, 0.1) is 6.92 Å². The summed E-state index contributed by atoms with van der Waals surface area (Å²) < 4.78 is 0. The molecule has 1 heterocycles. The summed E-state index contributed by atoms with van der Waals surface area (Å²) in [5, 5.41) is 18.8. The van der Waals surface area contributed by atoms with Crippen molar-refractivity contribution in [2.45, 2.75) is 19.9 Å². The standard InChI is InChI=1S/C19H18ClN3O3/c1-10-7-8-12(9-14(10)20)22-18(25)16-11(2)21-19(26)23-17(16)13-5-3-4-6-15(13)24/h3-9,17,24H,1-2H3,(H,22,25)(H2,21,23,26)/t17-/m0/s1. The van der Waals surface area contributed by atoms with E-state index in [1.807, 2.05) is 6.92 Å². The van der Waals surface area contributed by atoms with Gasteiger partial charge in [-0.25, -0.2) is 4.79 Å². The Hall–Kier alpha value is -2.99. The van der Waals surface area contributed by atoms with Gasteiger partial charge in [-0.1, -0.05) is 35.9 Å². The number of aromatic hydroxyl groups is 1. The second-order valence-electron chi connectivity index (χ2n) is 6.05. The third kappa shape index (κ3) is 3.50. The van der Waals surface area contributed by atoms with Crippen LogP contribution in [-0.2, 0) is 4.79 Å². The van der Waals surface area contributed by atoms with Crippen molar-refractivity contribution < 1.29 is 14.7 Å². The minimum Gasteiger partial charge on any atom is -0.508 e. The van der Waals surface area contributed by atoms with Gasteiger partial charge in [0.1, 0.15) is 5.75 Å². The van der Waals surface area contributed by atoms with E-state index < -0.39 is 18.0 Å². The fourth-order valence-electron chi connectivity index (χ4n) is 2.83. The van der Waals surface area contributed by atoms with Crippen molar-refractivity contribution in [2.75, 3.05) is 5.32 Å². The number of aryl methyl sites for hydroxylation is 1. The minimum absolute atomic E-state index is 0.00354. The fourth-order valence-corrected chi connectivity index (χ4v) is 3.01. The molecular weight excluding hydrogens is 354 g/mol. The molecule has 7 heteroatoms. The highest BCUT2D eigenvalue weighted by Crippen LogP contribution is 2.33. The van der Waals surface area contributed by atoms with Crippen molar-refractivity contribution in [1.82, 2.24) is 10.6 Å². The van der Waals surface area contributed by atoms with Crippen LogP contribution in [-0.4, -0.2) is 17.0 Å². The lowest BCUT2D eigenvalue weighted by atomic mass is 9.94. The Labute approximate surface area is 155 Å². The first-order chi connectivity index (χ1) is 12.4. The lowest BCUT2D eigenvalue weighted by Crippen LogP contribution is -2.46. The van der Waals surface area contributed by atoms with Crippen LogP contribution >= 0.6 is 11.6 Å². The molecule has 0 bridgehead atoms. The summed E-state index contributed by atoms with van der Waals surface area (Å²) in [5.74, 6) is -0.403. The van der Waals surface area contributed by atoms with Gasteiger partial charge in [-0.2, -0.15) is 0 Å². The van der Waals surface area contributed by atoms with Crippen molar-refractivity contribution in [1.29, 1.82) is 0 Å². The Morgan fingerprint density at radius 3 is 2.62 bits per heavy atom. The van der Waals surface area contributed by atoms with Crippen LogP contribution in [0.5, 0.6) is 5.75 Å². The van der Waals surface area contributed by atoms with Crippen LogP contribution in [0.4, 0.5) is 10.5 Å². The average Bonchev–Trinajstić information content (AvgIpc) is 2.57. The fraction of sp³-hybridized carbons (Fsp3) is 0.158. The van der Waals surface area contributed by atoms with Gasteiger partial charge in [0.2, 0.25) is 0 Å². The van der Waals surface area contributed by atoms with Crippen molar-refractivity contribution >= 4 is 29.2 Å². The molecule has 134 valence electrons. The summed E-state index contributed by atoms with van der Waals surface area (Å²) in [6, 6.07) is 10.6. The Kier molecular flexibility index (Phi) is 4.86. The highest BCUT2D eigenvalue weighted by molar-refractivity contribution is 6.31. The van der Waals surface area contributed by atoms with Crippen molar-refractivity contribution in [3.63, 3.8) is 0 Å². The number of urea groups is 1. The van der Waals surface area contributed by atoms with Crippen molar-refractivity contribution in [3.05, 3.63) is 69.9 Å². The first-order valence-electron chi connectivity index (χ1n) is 8.00. The maximum absolute atomic E-state index is 12.9. The smallest absolute Gasteiger partial charge is 0.319 e. The number of para-hydroxylation sites is 1. The number of nitrogens with one attached hydrogen (secondary N) is 3. The van der Waals surface area contributed by atoms with E-state index in [0.717, 1.165) is 5.56 Å². The van der Waals surface area contributed by atoms with Crippen LogP contribution in [0.3, 0.4) is 0 Å². The monoisotopic (exact) mass is 371 g/mol. The Morgan fingerprint density at radius 2 is 1.92 bits per heavy atom. The van der Waals surface area contributed by atoms with Gasteiger partial charge in [0.05, 0.1) is 11.6 Å². The van der Waals surface area contributed by atoms with E-state index >= 15 is 0 Å². The number of anilines is 1. The molecule has 1 aliphatic heterocycles. The average molecular weight is 372 g/mol. The zero-order chi connectivity index (χ0) is 18.8. The summed E-state index contributed by atoms with van der Waals surface area (Å²) in [7, 11) is 0. The SMILES string of the molecule is CC1=C(C(=O)Nc2ccc(C)c(Cl)c2)[C@H](c2ccccc2O)NC(=O)N1. The van der Waals surface area contributed by atoms with Gasteiger partial charge in [0, 0.05) is 22.0 Å². The Bertz CT molecular complexity index is 924. The molecule has 0 unspecified atom stereocenters. The highest BCUT2D eigenvalue weighted by Gasteiger charge is 2.32. The van der Waals surface area contributed by atoms with Crippen LogP contribution < -0.4 is 16.0 Å². The van der Waals surface area contributed by atoms with Crippen LogP contribution in [0.25, 0.3) is 0 Å². The number of halogens is 1. The second kappa shape index (κ2) is 7.09. The van der Waals surface area contributed by atoms with E-state index in [1.54, 1.807) is 43.3 Å². The van der Waals surface area contributed by atoms with Gasteiger partial charge < -0.3 is 21.1 Å². The zero-order valence-corrected chi connectivity index (χ0v) is 15.0. The number of hydrogen-bond acceptors (Lipinski definition) is 3. The van der Waals surface area contributed by atoms with E-state index in [9.17, 15) is 14.7 Å². The predicted molar refractivity (Wildman–Crippen MR) is 100 cm³/mol. The summed E-state index contributed by atoms with van der Waals surface area (Å²) in [6.07, 6.45) is 0. The number of benzene rings is 2. The third-order valence-corrected chi connectivity index (χ3v) is 4.60.